The van der Waals surface area contributed by atoms with Gasteiger partial charge in [0.2, 0.25) is 0 Å². The largest absolute Gasteiger partial charge is 0.497 e. The summed E-state index contributed by atoms with van der Waals surface area (Å²) in [5.74, 6) is -1.43. The number of rotatable bonds is 4. The molecule has 0 atom stereocenters. The van der Waals surface area contributed by atoms with E-state index < -0.39 is 17.8 Å². The predicted octanol–water partition coefficient (Wildman–Crippen LogP) is 2.95. The third kappa shape index (κ3) is 2.67. The van der Waals surface area contributed by atoms with Crippen LogP contribution in [0.3, 0.4) is 0 Å². The average Bonchev–Trinajstić information content (AvgIpc) is 2.79. The van der Waals surface area contributed by atoms with Crippen molar-refractivity contribution in [2.24, 2.45) is 0 Å². The number of benzene rings is 2. The molecule has 7 heteroatoms. The molecule has 0 bridgehead atoms. The second kappa shape index (κ2) is 6.09. The number of hydrogen-bond donors (Lipinski definition) is 1. The molecule has 6 nitrogen and oxygen atoms in total. The van der Waals surface area contributed by atoms with Crippen molar-refractivity contribution in [2.45, 2.75) is 6.54 Å². The zero-order chi connectivity index (χ0) is 17.4. The number of imide groups is 1. The molecule has 24 heavy (non-hydrogen) atoms. The summed E-state index contributed by atoms with van der Waals surface area (Å²) in [7, 11) is 1.55. The maximum Gasteiger partial charge on any atom is 0.336 e. The molecule has 0 fully saturated rings. The summed E-state index contributed by atoms with van der Waals surface area (Å²) in [4.78, 5) is 37.3. The topological polar surface area (TPSA) is 83.9 Å². The molecule has 0 aromatic heterocycles. The summed E-state index contributed by atoms with van der Waals surface area (Å²) in [6, 6.07) is 9.63. The first kappa shape index (κ1) is 16.2. The van der Waals surface area contributed by atoms with Crippen LogP contribution in [0, 0.1) is 0 Å². The lowest BCUT2D eigenvalue weighted by atomic mass is 10.1. The molecule has 3 rings (SSSR count). The number of carbonyl (C=O) groups excluding carboxylic acids is 2. The van der Waals surface area contributed by atoms with Gasteiger partial charge < -0.3 is 9.84 Å². The SMILES string of the molecule is COc1ccc(CN2C(=O)c3cc(Br)c(C(=O)O)cc3C2=O)cc1. The molecule has 0 radical (unpaired) electrons. The highest BCUT2D eigenvalue weighted by atomic mass is 79.9. The Bertz CT molecular complexity index is 860. The molecule has 1 aliphatic heterocycles. The summed E-state index contributed by atoms with van der Waals surface area (Å²) in [6.07, 6.45) is 0. The van der Waals surface area contributed by atoms with E-state index in [1.165, 1.54) is 12.1 Å². The number of halogens is 1. The molecule has 2 aromatic carbocycles. The van der Waals surface area contributed by atoms with Gasteiger partial charge in [0.15, 0.2) is 0 Å². The zero-order valence-electron chi connectivity index (χ0n) is 12.6. The van der Waals surface area contributed by atoms with Crippen LogP contribution in [0.25, 0.3) is 0 Å². The molecule has 1 heterocycles. The highest BCUT2D eigenvalue weighted by Gasteiger charge is 2.36. The first-order valence-electron chi connectivity index (χ1n) is 6.98. The van der Waals surface area contributed by atoms with Crippen LogP contribution in [0.5, 0.6) is 5.75 Å². The number of amides is 2. The van der Waals surface area contributed by atoms with E-state index in [-0.39, 0.29) is 27.7 Å². The lowest BCUT2D eigenvalue weighted by Gasteiger charge is -2.14. The fourth-order valence-corrected chi connectivity index (χ4v) is 3.04. The van der Waals surface area contributed by atoms with Crippen LogP contribution in [0.1, 0.15) is 36.6 Å². The van der Waals surface area contributed by atoms with Gasteiger partial charge in [0, 0.05) is 4.47 Å². The summed E-state index contributed by atoms with van der Waals surface area (Å²) in [5.41, 5.74) is 1.02. The van der Waals surface area contributed by atoms with Gasteiger partial charge in [0.05, 0.1) is 30.3 Å². The molecular weight excluding hydrogens is 378 g/mol. The second-order valence-corrected chi connectivity index (χ2v) is 6.08. The average molecular weight is 390 g/mol. The smallest absolute Gasteiger partial charge is 0.336 e. The monoisotopic (exact) mass is 389 g/mol. The van der Waals surface area contributed by atoms with Crippen molar-refractivity contribution in [1.29, 1.82) is 0 Å². The molecule has 0 spiro atoms. The predicted molar refractivity (Wildman–Crippen MR) is 88.3 cm³/mol. The van der Waals surface area contributed by atoms with Gasteiger partial charge in [0.1, 0.15) is 5.75 Å². The number of methoxy groups -OCH3 is 1. The molecule has 0 saturated carbocycles. The van der Waals surface area contributed by atoms with Gasteiger partial charge in [-0.2, -0.15) is 0 Å². The van der Waals surface area contributed by atoms with Crippen LogP contribution in [0.2, 0.25) is 0 Å². The van der Waals surface area contributed by atoms with E-state index in [0.29, 0.717) is 5.75 Å². The number of carbonyl (C=O) groups is 3. The summed E-state index contributed by atoms with van der Waals surface area (Å²) < 4.78 is 5.34. The van der Waals surface area contributed by atoms with Crippen molar-refractivity contribution in [3.8, 4) is 5.75 Å². The molecule has 2 aromatic rings. The summed E-state index contributed by atoms with van der Waals surface area (Å²) >= 11 is 3.12. The van der Waals surface area contributed by atoms with Crippen molar-refractivity contribution in [3.05, 3.63) is 63.1 Å². The van der Waals surface area contributed by atoms with Gasteiger partial charge >= 0.3 is 5.97 Å². The molecular formula is C17H12BrNO5. The maximum absolute atomic E-state index is 12.5. The van der Waals surface area contributed by atoms with E-state index in [0.717, 1.165) is 10.5 Å². The molecule has 1 N–H and O–H groups in total. The third-order valence-electron chi connectivity index (χ3n) is 3.79. The first-order valence-corrected chi connectivity index (χ1v) is 7.77. The maximum atomic E-state index is 12.5. The van der Waals surface area contributed by atoms with Crippen LogP contribution >= 0.6 is 15.9 Å². The highest BCUT2D eigenvalue weighted by molar-refractivity contribution is 9.10. The minimum Gasteiger partial charge on any atom is -0.497 e. The number of ether oxygens (including phenoxy) is 1. The van der Waals surface area contributed by atoms with Gasteiger partial charge in [-0.25, -0.2) is 4.79 Å². The van der Waals surface area contributed by atoms with E-state index in [1.807, 2.05) is 0 Å². The lowest BCUT2D eigenvalue weighted by Crippen LogP contribution is -2.29. The summed E-state index contributed by atoms with van der Waals surface area (Å²) in [6.45, 7) is 0.108. The van der Waals surface area contributed by atoms with Crippen LogP contribution in [-0.4, -0.2) is 34.9 Å². The highest BCUT2D eigenvalue weighted by Crippen LogP contribution is 2.30. The van der Waals surface area contributed by atoms with Crippen LogP contribution in [0.15, 0.2) is 40.9 Å². The van der Waals surface area contributed by atoms with Gasteiger partial charge in [-0.3, -0.25) is 14.5 Å². The first-order chi connectivity index (χ1) is 11.4. The van der Waals surface area contributed by atoms with Crippen molar-refractivity contribution in [2.75, 3.05) is 7.11 Å². The molecule has 0 saturated heterocycles. The third-order valence-corrected chi connectivity index (χ3v) is 4.44. The number of aromatic carboxylic acids is 1. The van der Waals surface area contributed by atoms with Crippen LogP contribution in [0.4, 0.5) is 0 Å². The minimum atomic E-state index is -1.17. The Kier molecular flexibility index (Phi) is 4.11. The van der Waals surface area contributed by atoms with E-state index in [9.17, 15) is 14.4 Å². The number of hydrogen-bond acceptors (Lipinski definition) is 4. The van der Waals surface area contributed by atoms with E-state index in [4.69, 9.17) is 9.84 Å². The number of nitrogens with zero attached hydrogens (tertiary/aromatic N) is 1. The second-order valence-electron chi connectivity index (χ2n) is 5.23. The lowest BCUT2D eigenvalue weighted by molar-refractivity contribution is 0.0640. The quantitative estimate of drug-likeness (QED) is 0.812. The molecule has 0 unspecified atom stereocenters. The van der Waals surface area contributed by atoms with Gasteiger partial charge in [-0.1, -0.05) is 12.1 Å². The van der Waals surface area contributed by atoms with Crippen LogP contribution < -0.4 is 4.74 Å². The normalized spacial score (nSPS) is 13.2. The van der Waals surface area contributed by atoms with Gasteiger partial charge in [-0.15, -0.1) is 0 Å². The Hall–Kier alpha value is -2.67. The van der Waals surface area contributed by atoms with E-state index >= 15 is 0 Å². The van der Waals surface area contributed by atoms with E-state index in [1.54, 1.807) is 31.4 Å². The zero-order valence-corrected chi connectivity index (χ0v) is 14.2. The summed E-state index contributed by atoms with van der Waals surface area (Å²) in [5, 5.41) is 9.15. The van der Waals surface area contributed by atoms with Gasteiger partial charge in [-0.05, 0) is 45.8 Å². The Balaban J connectivity index is 1.93. The molecule has 1 aliphatic rings. The van der Waals surface area contributed by atoms with Crippen molar-refractivity contribution in [1.82, 2.24) is 4.90 Å². The Morgan fingerprint density at radius 3 is 2.25 bits per heavy atom. The van der Waals surface area contributed by atoms with Crippen LogP contribution in [-0.2, 0) is 6.54 Å². The van der Waals surface area contributed by atoms with Crippen molar-refractivity contribution >= 4 is 33.7 Å². The standard InChI is InChI=1S/C17H12BrNO5/c1-24-10-4-2-9(3-5-10)8-19-15(20)11-6-13(17(22)23)14(18)7-12(11)16(19)21/h2-7H,8H2,1H3,(H,22,23). The molecule has 0 aliphatic carbocycles. The fourth-order valence-electron chi connectivity index (χ4n) is 2.53. The number of carboxylic acids is 1. The van der Waals surface area contributed by atoms with Crippen molar-refractivity contribution < 1.29 is 24.2 Å². The van der Waals surface area contributed by atoms with E-state index in [2.05, 4.69) is 15.9 Å². The Labute approximate surface area is 145 Å². The van der Waals surface area contributed by atoms with Crippen molar-refractivity contribution in [3.63, 3.8) is 0 Å². The minimum absolute atomic E-state index is 0.0544. The molecule has 2 amide bonds. The Morgan fingerprint density at radius 1 is 1.12 bits per heavy atom. The molecule has 122 valence electrons. The number of fused-ring (bicyclic) bond motifs is 1. The fraction of sp³-hybridized carbons (Fsp3) is 0.118. The number of carboxylic acid groups (broad SMARTS) is 1. The Morgan fingerprint density at radius 2 is 1.71 bits per heavy atom. The van der Waals surface area contributed by atoms with Gasteiger partial charge in [0.25, 0.3) is 11.8 Å².